The molecule has 0 unspecified atom stereocenters. The van der Waals surface area contributed by atoms with E-state index in [1.54, 1.807) is 0 Å². The van der Waals surface area contributed by atoms with Crippen molar-refractivity contribution >= 4 is 12.1 Å². The fourth-order valence-electron chi connectivity index (χ4n) is 0.0908. The summed E-state index contributed by atoms with van der Waals surface area (Å²) in [6.45, 7) is 0. The zero-order valence-electron chi connectivity index (χ0n) is 5.71. The van der Waals surface area contributed by atoms with Crippen molar-refractivity contribution < 1.29 is 112 Å². The zero-order valence-corrected chi connectivity index (χ0v) is 12.0. The predicted octanol–water partition coefficient (Wildman–Crippen LogP) is -4.21. The summed E-state index contributed by atoms with van der Waals surface area (Å²) in [6.07, 6.45) is 0. The van der Waals surface area contributed by atoms with E-state index in [0.717, 1.165) is 0 Å². The molecule has 0 aliphatic heterocycles. The predicted molar refractivity (Wildman–Crippen MR) is 24.3 cm³/mol. The Kier molecular flexibility index (Phi) is 19.2. The molecule has 0 atom stereocenters. The van der Waals surface area contributed by atoms with Gasteiger partial charge in [0.25, 0.3) is 0 Å². The third kappa shape index (κ3) is 16.4. The first kappa shape index (κ1) is 17.8. The topological polar surface area (TPSA) is 106 Å². The Balaban J connectivity index is -0.000000245. The van der Waals surface area contributed by atoms with Gasteiger partial charge in [-0.25, -0.2) is 0 Å². The Morgan fingerprint density at radius 1 is 0.900 bits per heavy atom. The van der Waals surface area contributed by atoms with Gasteiger partial charge in [0.2, 0.25) is 0 Å². The summed E-state index contributed by atoms with van der Waals surface area (Å²) in [4.78, 5) is 19.0. The second-order valence-electron chi connectivity index (χ2n) is 0.810. The smallest absolute Gasteiger partial charge is 0.447 e. The van der Waals surface area contributed by atoms with Gasteiger partial charge in [-0.1, -0.05) is 0 Å². The molecule has 10 heavy (non-hydrogen) atoms. The number of hydrogen-bond donors (Lipinski definition) is 0. The van der Waals surface area contributed by atoms with Gasteiger partial charge in [-0.15, -0.1) is 0 Å². The molecule has 0 aromatic carbocycles. The van der Waals surface area contributed by atoms with E-state index in [0.29, 0.717) is 0 Å². The molecule has 2 N–H and O–H groups in total. The van der Waals surface area contributed by atoms with Crippen molar-refractivity contribution in [2.75, 3.05) is 0 Å². The van der Waals surface area contributed by atoms with E-state index >= 15 is 0 Å². The van der Waals surface area contributed by atoms with E-state index in [1.165, 1.54) is 0 Å². The molecule has 0 aliphatic rings. The molecule has 0 aliphatic carbocycles. The van der Waals surface area contributed by atoms with Crippen molar-refractivity contribution in [3.8, 4) is 0 Å². The standard InChI is InChI=1S/C2H4N4O2.2K/c3-1(7)5-6-2(4)8;;/h(H4,3,4,7,8);;/q;2*+1/p-2. The molecule has 0 fully saturated rings. The third-order valence-electron chi connectivity index (χ3n) is 0.232. The van der Waals surface area contributed by atoms with Crippen molar-refractivity contribution in [3.63, 3.8) is 0 Å². The summed E-state index contributed by atoms with van der Waals surface area (Å²) in [5, 5.41) is 4.88. The molecule has 0 saturated carbocycles. The molecule has 4 amide bonds. The molecule has 0 heterocycles. The van der Waals surface area contributed by atoms with E-state index in [-0.39, 0.29) is 103 Å². The number of nitrogens with one attached hydrogen (secondary N) is 2. The first-order chi connectivity index (χ1) is 3.63. The Morgan fingerprint density at radius 3 is 1.20 bits per heavy atom. The van der Waals surface area contributed by atoms with Crippen LogP contribution >= 0.6 is 0 Å². The van der Waals surface area contributed by atoms with Gasteiger partial charge in [-0.05, 0) is 0 Å². The zero-order chi connectivity index (χ0) is 6.57. The maximum absolute atomic E-state index is 9.52. The monoisotopic (exact) mass is 192 g/mol. The molecular weight excluding hydrogens is 190 g/mol. The van der Waals surface area contributed by atoms with Crippen molar-refractivity contribution in [2.45, 2.75) is 0 Å². The van der Waals surface area contributed by atoms with E-state index in [1.807, 2.05) is 0 Å². The normalized spacial score (nSPS) is 7.60. The second kappa shape index (κ2) is 10.8. The molecule has 6 nitrogen and oxygen atoms in total. The van der Waals surface area contributed by atoms with Gasteiger partial charge in [-0.2, -0.15) is 0 Å². The minimum Gasteiger partial charge on any atom is -0.447 e. The molecule has 0 bridgehead atoms. The van der Waals surface area contributed by atoms with Crippen LogP contribution in [0.15, 0.2) is 10.2 Å². The molecular formula is C2H2K2N4O2. The second-order valence-corrected chi connectivity index (χ2v) is 0.810. The average Bonchev–Trinajstić information content (AvgIpc) is 1.61. The molecule has 0 aromatic rings. The van der Waals surface area contributed by atoms with Gasteiger partial charge in [0.1, 0.15) is 0 Å². The van der Waals surface area contributed by atoms with Crippen LogP contribution in [0.1, 0.15) is 0 Å². The van der Waals surface area contributed by atoms with Crippen LogP contribution < -0.4 is 103 Å². The van der Waals surface area contributed by atoms with Crippen LogP contribution in [0.25, 0.3) is 11.5 Å². The van der Waals surface area contributed by atoms with E-state index in [2.05, 4.69) is 10.2 Å². The number of carbonyl (C=O) groups excluding carboxylic acids is 2. The minimum atomic E-state index is -1.33. The molecule has 0 saturated heterocycles. The van der Waals surface area contributed by atoms with Crippen LogP contribution in [0.2, 0.25) is 0 Å². The van der Waals surface area contributed by atoms with Gasteiger partial charge in [0, 0.05) is 0 Å². The average molecular weight is 192 g/mol. The van der Waals surface area contributed by atoms with Gasteiger partial charge in [0.15, 0.2) is 12.1 Å². The van der Waals surface area contributed by atoms with Crippen LogP contribution in [0.5, 0.6) is 0 Å². The molecule has 0 radical (unpaired) electrons. The number of urea groups is 2. The first-order valence-electron chi connectivity index (χ1n) is 1.56. The number of amides is 4. The number of nitrogens with zero attached hydrogens (tertiary/aromatic N) is 2. The maximum Gasteiger partial charge on any atom is 1.00 e. The summed E-state index contributed by atoms with van der Waals surface area (Å²) in [6, 6.07) is -2.66. The summed E-state index contributed by atoms with van der Waals surface area (Å²) in [5.41, 5.74) is 12.1. The van der Waals surface area contributed by atoms with E-state index in [4.69, 9.17) is 11.5 Å². The minimum absolute atomic E-state index is 0. The molecule has 0 rings (SSSR count). The van der Waals surface area contributed by atoms with Crippen molar-refractivity contribution in [1.29, 1.82) is 0 Å². The first-order valence-corrected chi connectivity index (χ1v) is 1.56. The Hall–Kier alpha value is 1.81. The quantitative estimate of drug-likeness (QED) is 0.286. The largest absolute Gasteiger partial charge is 1.00 e. The summed E-state index contributed by atoms with van der Waals surface area (Å²) in [7, 11) is 0. The Labute approximate surface area is 142 Å². The SMILES string of the molecule is [K+].[K+].[NH-]C(=O)N=NC([NH-])=O. The molecule has 8 heteroatoms. The Bertz CT molecular complexity index is 130. The van der Waals surface area contributed by atoms with Gasteiger partial charge in [0.05, 0.1) is 0 Å². The summed E-state index contributed by atoms with van der Waals surface area (Å²) in [5.74, 6) is 0. The third-order valence-corrected chi connectivity index (χ3v) is 0.232. The van der Waals surface area contributed by atoms with Crippen molar-refractivity contribution in [3.05, 3.63) is 11.5 Å². The number of carbonyl (C=O) groups is 2. The fraction of sp³-hybridized carbons (Fsp3) is 0. The van der Waals surface area contributed by atoms with Crippen molar-refractivity contribution in [2.24, 2.45) is 10.2 Å². The molecule has 0 spiro atoms. The number of azo groups is 1. The molecule has 44 valence electrons. The number of rotatable bonds is 0. The van der Waals surface area contributed by atoms with Crippen LogP contribution in [-0.4, -0.2) is 12.1 Å². The summed E-state index contributed by atoms with van der Waals surface area (Å²) >= 11 is 0. The van der Waals surface area contributed by atoms with Crippen LogP contribution in [0.3, 0.4) is 0 Å². The molecule has 0 aromatic heterocycles. The van der Waals surface area contributed by atoms with Crippen molar-refractivity contribution in [1.82, 2.24) is 0 Å². The van der Waals surface area contributed by atoms with Gasteiger partial charge < -0.3 is 21.7 Å². The van der Waals surface area contributed by atoms with Crippen LogP contribution in [0, 0.1) is 0 Å². The van der Waals surface area contributed by atoms with E-state index < -0.39 is 12.1 Å². The van der Waals surface area contributed by atoms with Crippen LogP contribution in [-0.2, 0) is 0 Å². The van der Waals surface area contributed by atoms with Gasteiger partial charge >= 0.3 is 103 Å². The maximum atomic E-state index is 9.52. The number of hydrogen-bond acceptors (Lipinski definition) is 2. The van der Waals surface area contributed by atoms with Crippen LogP contribution in [0.4, 0.5) is 9.59 Å². The summed E-state index contributed by atoms with van der Waals surface area (Å²) < 4.78 is 0. The van der Waals surface area contributed by atoms with Gasteiger partial charge in [-0.3, -0.25) is 9.59 Å². The van der Waals surface area contributed by atoms with E-state index in [9.17, 15) is 9.59 Å². The fourth-order valence-corrected chi connectivity index (χ4v) is 0.0908. The Morgan fingerprint density at radius 2 is 1.10 bits per heavy atom.